The molecule has 0 fully saturated rings. The third-order valence-electron chi connectivity index (χ3n) is 11.1. The molecule has 9 aromatic carbocycles. The van der Waals surface area contributed by atoms with Gasteiger partial charge in [-0.05, 0) is 106 Å². The quantitative estimate of drug-likeness (QED) is 0.164. The van der Waals surface area contributed by atoms with Gasteiger partial charge in [0.25, 0.3) is 0 Å². The van der Waals surface area contributed by atoms with Crippen molar-refractivity contribution in [3.05, 3.63) is 212 Å². The van der Waals surface area contributed by atoms with Crippen LogP contribution in [-0.2, 0) is 0 Å². The van der Waals surface area contributed by atoms with Crippen molar-refractivity contribution in [2.75, 3.05) is 4.90 Å². The molecule has 0 amide bonds. The molecular weight excluding hydrogens is 695 g/mol. The summed E-state index contributed by atoms with van der Waals surface area (Å²) >= 11 is 0. The summed E-state index contributed by atoms with van der Waals surface area (Å²) in [4.78, 5) is 2.29. The number of anilines is 3. The van der Waals surface area contributed by atoms with E-state index in [1.807, 2.05) is 24.3 Å². The summed E-state index contributed by atoms with van der Waals surface area (Å²) in [5.74, 6) is 0. The van der Waals surface area contributed by atoms with E-state index in [-0.39, 0.29) is 0 Å². The molecule has 2 heterocycles. The Kier molecular flexibility index (Phi) is 7.82. The predicted molar refractivity (Wildman–Crippen MR) is 237 cm³/mol. The van der Waals surface area contributed by atoms with Gasteiger partial charge in [0.1, 0.15) is 22.3 Å². The van der Waals surface area contributed by atoms with E-state index in [9.17, 15) is 0 Å². The molecule has 0 saturated carbocycles. The van der Waals surface area contributed by atoms with Crippen LogP contribution in [0.4, 0.5) is 17.1 Å². The molecule has 0 aliphatic rings. The SMILES string of the molecule is c1ccc(-c2ccc(-c3cc(-c4ccc(-c5ccc(N(c6ccccc6)c6ccccc6)cc5)cc4)cc4c3oc3ccc5oc6ccccc6c5c34)cc2)cc1. The van der Waals surface area contributed by atoms with Gasteiger partial charge < -0.3 is 13.7 Å². The first-order valence-electron chi connectivity index (χ1n) is 19.3. The van der Waals surface area contributed by atoms with E-state index in [0.717, 1.165) is 94.3 Å². The standard InChI is InChI=1S/C54H35NO2/c1-4-12-36(13-5-1)37-24-26-41(27-25-37)47-34-42(35-48-53-51(57-54(47)48)33-32-50-52(53)46-18-10-11-19-49(46)56-50)40-22-20-38(21-23-40)39-28-30-45(31-29-39)55(43-14-6-2-7-15-43)44-16-8-3-9-17-44/h1-35H. The Morgan fingerprint density at radius 3 is 1.33 bits per heavy atom. The maximum atomic E-state index is 6.78. The fourth-order valence-corrected chi connectivity index (χ4v) is 8.30. The highest BCUT2D eigenvalue weighted by atomic mass is 16.3. The molecule has 0 N–H and O–H groups in total. The van der Waals surface area contributed by atoms with Gasteiger partial charge in [0, 0.05) is 44.2 Å². The molecule has 0 spiro atoms. The van der Waals surface area contributed by atoms with E-state index in [0.29, 0.717) is 0 Å². The van der Waals surface area contributed by atoms with Crippen LogP contribution in [0.15, 0.2) is 221 Å². The molecule has 0 atom stereocenters. The van der Waals surface area contributed by atoms with E-state index in [4.69, 9.17) is 8.83 Å². The zero-order valence-corrected chi connectivity index (χ0v) is 31.0. The van der Waals surface area contributed by atoms with Gasteiger partial charge in [-0.15, -0.1) is 0 Å². The Morgan fingerprint density at radius 2 is 0.719 bits per heavy atom. The summed E-state index contributed by atoms with van der Waals surface area (Å²) in [6.07, 6.45) is 0. The molecule has 11 rings (SSSR count). The number of rotatable bonds is 7. The normalized spacial score (nSPS) is 11.5. The Balaban J connectivity index is 1.01. The van der Waals surface area contributed by atoms with Crippen LogP contribution in [0.2, 0.25) is 0 Å². The van der Waals surface area contributed by atoms with E-state index in [2.05, 4.69) is 193 Å². The number of benzene rings is 9. The molecule has 0 aliphatic carbocycles. The molecule has 3 heteroatoms. The second kappa shape index (κ2) is 13.6. The van der Waals surface area contributed by atoms with E-state index < -0.39 is 0 Å². The van der Waals surface area contributed by atoms with Crippen molar-refractivity contribution in [2.24, 2.45) is 0 Å². The van der Waals surface area contributed by atoms with Gasteiger partial charge in [-0.25, -0.2) is 0 Å². The van der Waals surface area contributed by atoms with Crippen LogP contribution in [0.1, 0.15) is 0 Å². The van der Waals surface area contributed by atoms with Crippen molar-refractivity contribution in [3.8, 4) is 44.5 Å². The van der Waals surface area contributed by atoms with Crippen LogP contribution in [-0.4, -0.2) is 0 Å². The smallest absolute Gasteiger partial charge is 0.143 e. The minimum Gasteiger partial charge on any atom is -0.456 e. The van der Waals surface area contributed by atoms with Crippen molar-refractivity contribution in [3.63, 3.8) is 0 Å². The van der Waals surface area contributed by atoms with Crippen molar-refractivity contribution >= 4 is 60.9 Å². The zero-order valence-electron chi connectivity index (χ0n) is 31.0. The summed E-state index contributed by atoms with van der Waals surface area (Å²) in [6, 6.07) is 75.0. The number of furan rings is 2. The average Bonchev–Trinajstić information content (AvgIpc) is 3.86. The lowest BCUT2D eigenvalue weighted by molar-refractivity contribution is 0.663. The fourth-order valence-electron chi connectivity index (χ4n) is 8.30. The molecule has 2 aromatic heterocycles. The van der Waals surface area contributed by atoms with Crippen molar-refractivity contribution < 1.29 is 8.83 Å². The second-order valence-electron chi connectivity index (χ2n) is 14.5. The van der Waals surface area contributed by atoms with Gasteiger partial charge in [0.05, 0.1) is 0 Å². The molecule has 3 nitrogen and oxygen atoms in total. The summed E-state index contributed by atoms with van der Waals surface area (Å²) in [7, 11) is 0. The lowest BCUT2D eigenvalue weighted by atomic mass is 9.93. The van der Waals surface area contributed by atoms with E-state index in [1.165, 1.54) is 11.1 Å². The van der Waals surface area contributed by atoms with E-state index in [1.54, 1.807) is 0 Å². The Bertz CT molecular complexity index is 3140. The van der Waals surface area contributed by atoms with Crippen LogP contribution < -0.4 is 4.90 Å². The van der Waals surface area contributed by atoms with E-state index >= 15 is 0 Å². The first kappa shape index (κ1) is 32.8. The average molecular weight is 730 g/mol. The van der Waals surface area contributed by atoms with Gasteiger partial charge in [0.2, 0.25) is 0 Å². The zero-order chi connectivity index (χ0) is 37.7. The highest BCUT2D eigenvalue weighted by Gasteiger charge is 2.20. The van der Waals surface area contributed by atoms with Crippen LogP contribution in [0, 0.1) is 0 Å². The molecule has 0 saturated heterocycles. The number of hydrogen-bond acceptors (Lipinski definition) is 3. The first-order chi connectivity index (χ1) is 28.2. The molecule has 268 valence electrons. The number of nitrogens with zero attached hydrogens (tertiary/aromatic N) is 1. The van der Waals surface area contributed by atoms with Gasteiger partial charge in [-0.2, -0.15) is 0 Å². The minimum absolute atomic E-state index is 0.847. The van der Waals surface area contributed by atoms with Gasteiger partial charge >= 0.3 is 0 Å². The molecule has 11 aromatic rings. The number of para-hydroxylation sites is 3. The van der Waals surface area contributed by atoms with Crippen LogP contribution >= 0.6 is 0 Å². The number of hydrogen-bond donors (Lipinski definition) is 0. The van der Waals surface area contributed by atoms with Crippen LogP contribution in [0.3, 0.4) is 0 Å². The first-order valence-corrected chi connectivity index (χ1v) is 19.3. The number of fused-ring (bicyclic) bond motifs is 7. The fraction of sp³-hybridized carbons (Fsp3) is 0. The molecule has 0 unspecified atom stereocenters. The molecular formula is C54H35NO2. The van der Waals surface area contributed by atoms with Gasteiger partial charge in [-0.1, -0.05) is 146 Å². The molecule has 0 radical (unpaired) electrons. The maximum Gasteiger partial charge on any atom is 0.143 e. The monoisotopic (exact) mass is 729 g/mol. The Morgan fingerprint density at radius 1 is 0.281 bits per heavy atom. The minimum atomic E-state index is 0.847. The summed E-state index contributed by atoms with van der Waals surface area (Å²) < 4.78 is 13.1. The van der Waals surface area contributed by atoms with Gasteiger partial charge in [0.15, 0.2) is 0 Å². The third-order valence-corrected chi connectivity index (χ3v) is 11.1. The summed E-state index contributed by atoms with van der Waals surface area (Å²) in [5, 5.41) is 4.32. The third kappa shape index (κ3) is 5.76. The molecule has 0 aliphatic heterocycles. The lowest BCUT2D eigenvalue weighted by Crippen LogP contribution is -2.09. The largest absolute Gasteiger partial charge is 0.456 e. The van der Waals surface area contributed by atoms with Crippen molar-refractivity contribution in [1.29, 1.82) is 0 Å². The van der Waals surface area contributed by atoms with Gasteiger partial charge in [-0.3, -0.25) is 0 Å². The highest BCUT2D eigenvalue weighted by Crippen LogP contribution is 2.45. The summed E-state index contributed by atoms with van der Waals surface area (Å²) in [5.41, 5.74) is 15.9. The van der Waals surface area contributed by atoms with Crippen LogP contribution in [0.5, 0.6) is 0 Å². The highest BCUT2D eigenvalue weighted by molar-refractivity contribution is 6.27. The summed E-state index contributed by atoms with van der Waals surface area (Å²) in [6.45, 7) is 0. The van der Waals surface area contributed by atoms with Crippen molar-refractivity contribution in [1.82, 2.24) is 0 Å². The predicted octanol–water partition coefficient (Wildman–Crippen LogP) is 15.6. The lowest BCUT2D eigenvalue weighted by Gasteiger charge is -2.25. The van der Waals surface area contributed by atoms with Crippen molar-refractivity contribution in [2.45, 2.75) is 0 Å². The maximum absolute atomic E-state index is 6.78. The second-order valence-corrected chi connectivity index (χ2v) is 14.5. The Labute approximate surface area is 330 Å². The topological polar surface area (TPSA) is 29.5 Å². The van der Waals surface area contributed by atoms with Crippen LogP contribution in [0.25, 0.3) is 88.4 Å². The molecule has 57 heavy (non-hydrogen) atoms. The molecule has 0 bridgehead atoms. The Hall–Kier alpha value is -7.62.